The summed E-state index contributed by atoms with van der Waals surface area (Å²) in [4.78, 5) is 18.7. The molecule has 140 valence electrons. The molecule has 0 aliphatic carbocycles. The van der Waals surface area contributed by atoms with E-state index in [9.17, 15) is 31.1 Å². The Morgan fingerprint density at radius 3 is 2.20 bits per heavy atom. The zero-order chi connectivity index (χ0) is 19.5. The Balaban J connectivity index is 3.16. The molecule has 14 heteroatoms. The molecule has 2 amide bonds. The number of halogens is 8. The van der Waals surface area contributed by atoms with Gasteiger partial charge >= 0.3 is 24.1 Å². The molecule has 0 saturated carbocycles. The summed E-state index contributed by atoms with van der Waals surface area (Å²) >= 11 is 8.12. The Morgan fingerprint density at radius 2 is 1.80 bits per heavy atom. The van der Waals surface area contributed by atoms with Crippen molar-refractivity contribution in [1.82, 2.24) is 10.3 Å². The molecule has 0 aliphatic heterocycles. The second-order valence-electron chi connectivity index (χ2n) is 4.30. The van der Waals surface area contributed by atoms with Gasteiger partial charge in [-0.15, -0.1) is 0 Å². The Bertz CT molecular complexity index is 631. The summed E-state index contributed by atoms with van der Waals surface area (Å²) in [7, 11) is 0. The van der Waals surface area contributed by atoms with Gasteiger partial charge in [0.2, 0.25) is 0 Å². The minimum Gasteiger partial charge on any atom is -0.346 e. The monoisotopic (exact) mass is 456 g/mol. The zero-order valence-corrected chi connectivity index (χ0v) is 14.3. The SMILES string of the molecule is C/C(Cl)=N/OC(NC(=O)Nc1ccc(Br)cn1)(C(F)(F)F)C(F)(F)F. The molecule has 0 spiro atoms. The van der Waals surface area contributed by atoms with Gasteiger partial charge in [0, 0.05) is 10.7 Å². The molecule has 1 rings (SSSR count). The molecular weight excluding hydrogens is 449 g/mol. The number of hydrogen-bond donors (Lipinski definition) is 2. The lowest BCUT2D eigenvalue weighted by molar-refractivity contribution is -0.388. The molecule has 6 nitrogen and oxygen atoms in total. The van der Waals surface area contributed by atoms with Crippen LogP contribution in [0.3, 0.4) is 0 Å². The van der Waals surface area contributed by atoms with Crippen LogP contribution in [-0.4, -0.2) is 34.3 Å². The number of hydrogen-bond acceptors (Lipinski definition) is 4. The number of urea groups is 1. The number of anilines is 1. The number of amides is 2. The summed E-state index contributed by atoms with van der Waals surface area (Å²) in [5.74, 6) is -0.309. The van der Waals surface area contributed by atoms with Crippen molar-refractivity contribution in [3.63, 3.8) is 0 Å². The predicted octanol–water partition coefficient (Wildman–Crippen LogP) is 4.38. The highest BCUT2D eigenvalue weighted by Gasteiger charge is 2.76. The maximum atomic E-state index is 13.1. The van der Waals surface area contributed by atoms with E-state index in [1.54, 1.807) is 5.32 Å². The molecule has 1 aromatic rings. The summed E-state index contributed by atoms with van der Waals surface area (Å²) in [6.45, 7) is 0.880. The van der Waals surface area contributed by atoms with Gasteiger partial charge in [-0.05, 0) is 35.0 Å². The van der Waals surface area contributed by atoms with Crippen LogP contribution in [0.25, 0.3) is 0 Å². The molecule has 2 N–H and O–H groups in total. The number of rotatable bonds is 4. The van der Waals surface area contributed by atoms with Gasteiger partial charge in [0.05, 0.1) is 0 Å². The van der Waals surface area contributed by atoms with Crippen molar-refractivity contribution < 1.29 is 36.0 Å². The Labute approximate surface area is 149 Å². The second kappa shape index (κ2) is 7.64. The normalized spacial score (nSPS) is 13.4. The molecule has 1 aromatic heterocycles. The fraction of sp³-hybridized carbons (Fsp3) is 0.364. The van der Waals surface area contributed by atoms with Crippen LogP contribution in [0.1, 0.15) is 6.92 Å². The van der Waals surface area contributed by atoms with Crippen LogP contribution >= 0.6 is 27.5 Å². The summed E-state index contributed by atoms with van der Waals surface area (Å²) in [5, 5.41) is 4.13. The first-order valence-electron chi connectivity index (χ1n) is 6.01. The Morgan fingerprint density at radius 1 is 1.24 bits per heavy atom. The fourth-order valence-electron chi connectivity index (χ4n) is 1.32. The van der Waals surface area contributed by atoms with Gasteiger partial charge < -0.3 is 4.84 Å². The van der Waals surface area contributed by atoms with Crippen molar-refractivity contribution in [3.8, 4) is 0 Å². The van der Waals surface area contributed by atoms with E-state index in [4.69, 9.17) is 11.6 Å². The average molecular weight is 458 g/mol. The Hall–Kier alpha value is -1.76. The van der Waals surface area contributed by atoms with Crippen molar-refractivity contribution in [3.05, 3.63) is 22.8 Å². The number of pyridine rings is 1. The van der Waals surface area contributed by atoms with E-state index in [1.807, 2.05) is 0 Å². The molecule has 0 atom stereocenters. The van der Waals surface area contributed by atoms with E-state index in [-0.39, 0.29) is 5.82 Å². The molecule has 0 aliphatic rings. The zero-order valence-electron chi connectivity index (χ0n) is 12.0. The Kier molecular flexibility index (Phi) is 6.50. The lowest BCUT2D eigenvalue weighted by Crippen LogP contribution is -2.69. The van der Waals surface area contributed by atoms with E-state index in [1.165, 1.54) is 6.07 Å². The third kappa shape index (κ3) is 5.36. The smallest absolute Gasteiger partial charge is 0.346 e. The van der Waals surface area contributed by atoms with E-state index < -0.39 is 29.3 Å². The average Bonchev–Trinajstić information content (AvgIpc) is 2.43. The molecule has 0 bridgehead atoms. The molecule has 0 radical (unpaired) electrons. The summed E-state index contributed by atoms with van der Waals surface area (Å²) < 4.78 is 78.8. The number of aromatic nitrogens is 1. The van der Waals surface area contributed by atoms with E-state index >= 15 is 0 Å². The van der Waals surface area contributed by atoms with Gasteiger partial charge in [-0.2, -0.15) is 26.3 Å². The highest BCUT2D eigenvalue weighted by Crippen LogP contribution is 2.44. The fourth-order valence-corrected chi connectivity index (χ4v) is 1.59. The van der Waals surface area contributed by atoms with Gasteiger partial charge in [0.25, 0.3) is 0 Å². The van der Waals surface area contributed by atoms with Crippen LogP contribution < -0.4 is 10.6 Å². The lowest BCUT2D eigenvalue weighted by atomic mass is 10.2. The van der Waals surface area contributed by atoms with Gasteiger partial charge in [-0.25, -0.2) is 9.78 Å². The molecule has 0 fully saturated rings. The topological polar surface area (TPSA) is 75.6 Å². The van der Waals surface area contributed by atoms with Gasteiger partial charge in [-0.1, -0.05) is 16.8 Å². The maximum absolute atomic E-state index is 13.1. The van der Waals surface area contributed by atoms with Crippen molar-refractivity contribution >= 4 is 44.6 Å². The van der Waals surface area contributed by atoms with Crippen LogP contribution in [0.5, 0.6) is 0 Å². The minimum atomic E-state index is -6.11. The van der Waals surface area contributed by atoms with Gasteiger partial charge in [0.15, 0.2) is 0 Å². The number of carbonyl (C=O) groups is 1. The van der Waals surface area contributed by atoms with Crippen LogP contribution in [0.4, 0.5) is 37.0 Å². The lowest BCUT2D eigenvalue weighted by Gasteiger charge is -2.34. The third-order valence-corrected chi connectivity index (χ3v) is 2.90. The molecule has 0 saturated heterocycles. The standard InChI is InChI=1S/C11H8BrClF6N4O2/c1-5(13)23-25-9(10(14,15)16,11(17,18)19)22-8(24)21-7-3-2-6(12)4-20-7/h2-4H,1H3,(H2,20,21,22,24)/b23-5-. The minimum absolute atomic E-state index is 0.309. The molecular formula is C11H8BrClF6N4O2. The predicted molar refractivity (Wildman–Crippen MR) is 79.0 cm³/mol. The quantitative estimate of drug-likeness (QED) is 0.305. The summed E-state index contributed by atoms with van der Waals surface area (Å²) in [6, 6.07) is 0.599. The van der Waals surface area contributed by atoms with Gasteiger partial charge in [-0.3, -0.25) is 10.6 Å². The number of nitrogens with one attached hydrogen (secondary N) is 2. The van der Waals surface area contributed by atoms with Crippen molar-refractivity contribution in [2.45, 2.75) is 25.0 Å². The molecule has 0 unspecified atom stereocenters. The highest BCUT2D eigenvalue weighted by atomic mass is 79.9. The van der Waals surface area contributed by atoms with E-state index in [0.717, 1.165) is 19.2 Å². The number of carbonyl (C=O) groups excluding carboxylic acids is 1. The van der Waals surface area contributed by atoms with Crippen LogP contribution in [-0.2, 0) is 4.84 Å². The maximum Gasteiger partial charge on any atom is 0.461 e. The molecule has 0 aromatic carbocycles. The van der Waals surface area contributed by atoms with Crippen LogP contribution in [0, 0.1) is 0 Å². The first-order chi connectivity index (χ1) is 11.3. The van der Waals surface area contributed by atoms with Gasteiger partial charge in [0.1, 0.15) is 11.0 Å². The highest BCUT2D eigenvalue weighted by molar-refractivity contribution is 9.10. The molecule has 25 heavy (non-hydrogen) atoms. The first-order valence-corrected chi connectivity index (χ1v) is 7.18. The van der Waals surface area contributed by atoms with E-state index in [2.05, 4.69) is 30.9 Å². The third-order valence-electron chi connectivity index (χ3n) is 2.37. The summed E-state index contributed by atoms with van der Waals surface area (Å²) in [5.41, 5.74) is -5.12. The van der Waals surface area contributed by atoms with E-state index in [0.29, 0.717) is 9.79 Å². The largest absolute Gasteiger partial charge is 0.461 e. The van der Waals surface area contributed by atoms with Crippen molar-refractivity contribution in [2.24, 2.45) is 5.16 Å². The molecule has 1 heterocycles. The van der Waals surface area contributed by atoms with Crippen LogP contribution in [0.2, 0.25) is 0 Å². The van der Waals surface area contributed by atoms with Crippen molar-refractivity contribution in [2.75, 3.05) is 5.32 Å². The number of oxime groups is 1. The number of nitrogens with zero attached hydrogens (tertiary/aromatic N) is 2. The van der Waals surface area contributed by atoms with Crippen LogP contribution in [0.15, 0.2) is 28.0 Å². The number of alkyl halides is 6. The van der Waals surface area contributed by atoms with Crippen molar-refractivity contribution in [1.29, 1.82) is 0 Å². The second-order valence-corrected chi connectivity index (χ2v) is 5.76. The summed E-state index contributed by atoms with van der Waals surface area (Å²) in [6.07, 6.45) is -11.1. The first kappa shape index (κ1) is 21.3.